The molecule has 0 atom stereocenters. The largest absolute Gasteiger partial charge is 0.352 e. The zero-order valence-corrected chi connectivity index (χ0v) is 10.00. The van der Waals surface area contributed by atoms with Crippen LogP contribution in [0.1, 0.15) is 18.2 Å². The molecule has 4 nitrogen and oxygen atoms in total. The Labute approximate surface area is 104 Å². The Morgan fingerprint density at radius 3 is 2.78 bits per heavy atom. The van der Waals surface area contributed by atoms with Gasteiger partial charge in [-0.05, 0) is 18.6 Å². The summed E-state index contributed by atoms with van der Waals surface area (Å²) >= 11 is 0. The smallest absolute Gasteiger partial charge is 0.142 e. The van der Waals surface area contributed by atoms with Crippen LogP contribution in [0.3, 0.4) is 0 Å². The quantitative estimate of drug-likeness (QED) is 0.869. The molecule has 0 aromatic carbocycles. The number of H-pyrrole nitrogens is 1. The molecule has 2 aromatic rings. The fourth-order valence-electron chi connectivity index (χ4n) is 1.52. The van der Waals surface area contributed by atoms with Gasteiger partial charge < -0.3 is 5.32 Å². The number of halogens is 1. The Hall–Kier alpha value is -2.43. The Morgan fingerprint density at radius 1 is 1.33 bits per heavy atom. The van der Waals surface area contributed by atoms with Gasteiger partial charge in [0.2, 0.25) is 0 Å². The van der Waals surface area contributed by atoms with E-state index in [1.165, 1.54) is 6.07 Å². The van der Waals surface area contributed by atoms with Crippen molar-refractivity contribution in [2.24, 2.45) is 0 Å². The number of anilines is 1. The first-order chi connectivity index (χ1) is 8.58. The van der Waals surface area contributed by atoms with Crippen molar-refractivity contribution in [1.29, 1.82) is 0 Å². The highest BCUT2D eigenvalue weighted by atomic mass is 19.1. The Balaban J connectivity index is 2.21. The maximum atomic E-state index is 13.0. The van der Waals surface area contributed by atoms with E-state index in [4.69, 9.17) is 0 Å². The van der Waals surface area contributed by atoms with Crippen molar-refractivity contribution in [2.75, 3.05) is 5.32 Å². The maximum absolute atomic E-state index is 13.0. The topological polar surface area (TPSA) is 53.6 Å². The van der Waals surface area contributed by atoms with Crippen LogP contribution in [-0.2, 0) is 0 Å². The lowest BCUT2D eigenvalue weighted by molar-refractivity contribution is 0.621. The summed E-state index contributed by atoms with van der Waals surface area (Å²) in [4.78, 5) is 3.78. The first-order valence-corrected chi connectivity index (χ1v) is 5.34. The van der Waals surface area contributed by atoms with Gasteiger partial charge in [-0.15, -0.1) is 0 Å². The predicted molar refractivity (Wildman–Crippen MR) is 70.1 cm³/mol. The second-order valence-electron chi connectivity index (χ2n) is 3.93. The van der Waals surface area contributed by atoms with Crippen molar-refractivity contribution in [2.45, 2.75) is 6.92 Å². The van der Waals surface area contributed by atoms with Gasteiger partial charge in [0, 0.05) is 17.5 Å². The van der Waals surface area contributed by atoms with E-state index in [1.54, 1.807) is 12.4 Å². The van der Waals surface area contributed by atoms with Crippen molar-refractivity contribution in [3.05, 3.63) is 54.9 Å². The molecule has 5 heteroatoms. The highest BCUT2D eigenvalue weighted by Crippen LogP contribution is 2.23. The number of nitrogens with one attached hydrogen (secondary N) is 2. The van der Waals surface area contributed by atoms with Gasteiger partial charge in [0.05, 0.1) is 23.8 Å². The molecule has 0 amide bonds. The molecule has 0 aliphatic rings. The lowest BCUT2D eigenvalue weighted by Gasteiger charge is -2.09. The number of rotatable bonds is 4. The molecule has 18 heavy (non-hydrogen) atoms. The van der Waals surface area contributed by atoms with Crippen molar-refractivity contribution in [1.82, 2.24) is 15.2 Å². The minimum Gasteiger partial charge on any atom is -0.352 e. The zero-order valence-electron chi connectivity index (χ0n) is 10.00. The molecule has 2 N–H and O–H groups in total. The van der Waals surface area contributed by atoms with Crippen LogP contribution in [-0.4, -0.2) is 15.2 Å². The predicted octanol–water partition coefficient (Wildman–Crippen LogP) is 3.06. The summed E-state index contributed by atoms with van der Waals surface area (Å²) in [7, 11) is 0. The summed E-state index contributed by atoms with van der Waals surface area (Å²) in [5, 5.41) is 9.82. The molecule has 92 valence electrons. The van der Waals surface area contributed by atoms with Crippen LogP contribution < -0.4 is 5.32 Å². The Kier molecular flexibility index (Phi) is 3.23. The normalized spacial score (nSPS) is 10.1. The summed E-state index contributed by atoms with van der Waals surface area (Å²) in [5.74, 6) is -0.400. The Morgan fingerprint density at radius 2 is 2.11 bits per heavy atom. The fraction of sp³-hybridized carbons (Fsp3) is 0.0769. The highest BCUT2D eigenvalue weighted by molar-refractivity contribution is 5.80. The first kappa shape index (κ1) is 12.0. The molecule has 0 unspecified atom stereocenters. The molecule has 2 aromatic heterocycles. The molecule has 0 fully saturated rings. The van der Waals surface area contributed by atoms with Crippen molar-refractivity contribution < 1.29 is 4.39 Å². The summed E-state index contributed by atoms with van der Waals surface area (Å²) < 4.78 is 13.0. The van der Waals surface area contributed by atoms with E-state index in [1.807, 2.05) is 6.92 Å². The zero-order chi connectivity index (χ0) is 13.1. The van der Waals surface area contributed by atoms with Crippen molar-refractivity contribution in [3.8, 4) is 0 Å². The second kappa shape index (κ2) is 4.83. The van der Waals surface area contributed by atoms with Gasteiger partial charge in [0.1, 0.15) is 5.82 Å². The van der Waals surface area contributed by atoms with E-state index in [0.717, 1.165) is 23.2 Å². The molecule has 0 aliphatic heterocycles. The monoisotopic (exact) mass is 244 g/mol. The number of nitrogens with zero attached hydrogens (tertiary/aromatic N) is 2. The third-order valence-corrected chi connectivity index (χ3v) is 2.41. The van der Waals surface area contributed by atoms with Gasteiger partial charge in [-0.2, -0.15) is 5.10 Å². The maximum Gasteiger partial charge on any atom is 0.142 e. The molecule has 0 radical (unpaired) electrons. The number of allylic oxidation sites excluding steroid dienone is 1. The molecule has 2 rings (SSSR count). The van der Waals surface area contributed by atoms with E-state index in [-0.39, 0.29) is 0 Å². The fourth-order valence-corrected chi connectivity index (χ4v) is 1.52. The van der Waals surface area contributed by atoms with E-state index in [9.17, 15) is 4.39 Å². The van der Waals surface area contributed by atoms with Crippen LogP contribution in [0.15, 0.2) is 37.8 Å². The summed E-state index contributed by atoms with van der Waals surface area (Å²) in [6.45, 7) is 9.56. The molecule has 0 bridgehead atoms. The van der Waals surface area contributed by atoms with Crippen LogP contribution in [0.2, 0.25) is 0 Å². The average molecular weight is 244 g/mol. The van der Waals surface area contributed by atoms with Crippen LogP contribution in [0.4, 0.5) is 10.1 Å². The van der Waals surface area contributed by atoms with Crippen molar-refractivity contribution in [3.63, 3.8) is 0 Å². The highest BCUT2D eigenvalue weighted by Gasteiger charge is 2.08. The molecule has 0 aliphatic carbocycles. The van der Waals surface area contributed by atoms with E-state index in [0.29, 0.717) is 11.3 Å². The lowest BCUT2D eigenvalue weighted by atomic mass is 10.2. The molecule has 2 heterocycles. The number of pyridine rings is 1. The van der Waals surface area contributed by atoms with Crippen LogP contribution in [0.5, 0.6) is 0 Å². The summed E-state index contributed by atoms with van der Waals surface area (Å²) in [5.41, 5.74) is 3.52. The van der Waals surface area contributed by atoms with E-state index >= 15 is 0 Å². The second-order valence-corrected chi connectivity index (χ2v) is 3.93. The molecular weight excluding hydrogens is 231 g/mol. The minimum atomic E-state index is -0.400. The SMILES string of the molecule is C=C(Nc1cn[nH]c1C(=C)C)c1cncc(F)c1. The molecule has 0 saturated carbocycles. The van der Waals surface area contributed by atoms with Gasteiger partial charge in [-0.1, -0.05) is 13.2 Å². The first-order valence-electron chi connectivity index (χ1n) is 5.34. The van der Waals surface area contributed by atoms with Gasteiger partial charge in [-0.25, -0.2) is 4.39 Å². The van der Waals surface area contributed by atoms with E-state index in [2.05, 4.69) is 33.7 Å². The molecule has 0 saturated heterocycles. The summed E-state index contributed by atoms with van der Waals surface area (Å²) in [6, 6.07) is 1.36. The van der Waals surface area contributed by atoms with Gasteiger partial charge in [0.25, 0.3) is 0 Å². The molecule has 0 spiro atoms. The average Bonchev–Trinajstić information content (AvgIpc) is 2.77. The number of hydrogen-bond acceptors (Lipinski definition) is 3. The lowest BCUT2D eigenvalue weighted by Crippen LogP contribution is -1.99. The van der Waals surface area contributed by atoms with E-state index < -0.39 is 5.82 Å². The standard InChI is InChI=1S/C13H13FN4/c1-8(2)13-12(7-16-18-13)17-9(3)10-4-11(14)6-15-5-10/h4-7,17H,1,3H2,2H3,(H,16,18). The minimum absolute atomic E-state index is 0.400. The summed E-state index contributed by atoms with van der Waals surface area (Å²) in [6.07, 6.45) is 4.31. The number of aromatic nitrogens is 3. The van der Waals surface area contributed by atoms with Gasteiger partial charge in [0.15, 0.2) is 0 Å². The third kappa shape index (κ3) is 2.45. The van der Waals surface area contributed by atoms with Gasteiger partial charge >= 0.3 is 0 Å². The van der Waals surface area contributed by atoms with Crippen LogP contribution in [0.25, 0.3) is 11.3 Å². The number of aromatic amines is 1. The van der Waals surface area contributed by atoms with Crippen LogP contribution in [0, 0.1) is 5.82 Å². The Bertz CT molecular complexity index is 601. The van der Waals surface area contributed by atoms with Crippen molar-refractivity contribution >= 4 is 17.0 Å². The third-order valence-electron chi connectivity index (χ3n) is 2.41. The number of hydrogen-bond donors (Lipinski definition) is 2. The van der Waals surface area contributed by atoms with Crippen LogP contribution >= 0.6 is 0 Å². The van der Waals surface area contributed by atoms with Gasteiger partial charge in [-0.3, -0.25) is 10.1 Å². The molecular formula is C13H13FN4.